The van der Waals surface area contributed by atoms with Gasteiger partial charge >= 0.3 is 5.69 Å². The van der Waals surface area contributed by atoms with Crippen molar-refractivity contribution >= 4 is 11.2 Å². The largest absolute Gasteiger partial charge is 0.493 e. The number of hydrogen-bond donors (Lipinski definition) is 0. The smallest absolute Gasteiger partial charge is 0.332 e. The minimum atomic E-state index is -0.444. The van der Waals surface area contributed by atoms with Crippen molar-refractivity contribution in [2.24, 2.45) is 21.1 Å². The van der Waals surface area contributed by atoms with Crippen LogP contribution in [0.25, 0.3) is 11.2 Å². The molecule has 3 aromatic rings. The molecule has 0 saturated heterocycles. The topological polar surface area (TPSA) is 89.5 Å². The maximum Gasteiger partial charge on any atom is 0.332 e. The first kappa shape index (κ1) is 21.2. The summed E-state index contributed by atoms with van der Waals surface area (Å²) < 4.78 is 21.1. The van der Waals surface area contributed by atoms with E-state index in [1.807, 2.05) is 31.2 Å². The van der Waals surface area contributed by atoms with Gasteiger partial charge in [0.2, 0.25) is 0 Å². The van der Waals surface area contributed by atoms with Gasteiger partial charge < -0.3 is 14.2 Å². The van der Waals surface area contributed by atoms with Crippen LogP contribution >= 0.6 is 0 Å². The van der Waals surface area contributed by atoms with E-state index >= 15 is 0 Å². The number of ether oxygens (including phenoxy) is 3. The Morgan fingerprint density at radius 1 is 1.13 bits per heavy atom. The van der Waals surface area contributed by atoms with Gasteiger partial charge in [-0.15, -0.1) is 6.58 Å². The number of fused-ring (bicyclic) bond motifs is 1. The van der Waals surface area contributed by atoms with E-state index < -0.39 is 11.2 Å². The zero-order chi connectivity index (χ0) is 22.0. The fourth-order valence-electron chi connectivity index (χ4n) is 3.15. The summed E-state index contributed by atoms with van der Waals surface area (Å²) in [6.45, 7) is 5.80. The van der Waals surface area contributed by atoms with Gasteiger partial charge in [-0.25, -0.2) is 4.79 Å². The van der Waals surface area contributed by atoms with Crippen LogP contribution < -0.4 is 25.5 Å². The molecule has 1 atom stereocenters. The lowest BCUT2D eigenvalue weighted by Gasteiger charge is -2.16. The lowest BCUT2D eigenvalue weighted by atomic mass is 10.1. The second kappa shape index (κ2) is 8.48. The van der Waals surface area contributed by atoms with Gasteiger partial charge in [-0.2, -0.15) is 4.98 Å². The molecule has 1 unspecified atom stereocenters. The lowest BCUT2D eigenvalue weighted by Crippen LogP contribution is -2.37. The maximum absolute atomic E-state index is 12.5. The van der Waals surface area contributed by atoms with Crippen molar-refractivity contribution in [3.05, 3.63) is 57.3 Å². The number of hydrogen-bond acceptors (Lipinski definition) is 6. The molecule has 2 aromatic heterocycles. The number of nitrogens with zero attached hydrogens (tertiary/aromatic N) is 4. The van der Waals surface area contributed by atoms with Crippen molar-refractivity contribution in [3.8, 4) is 17.5 Å². The van der Waals surface area contributed by atoms with Crippen molar-refractivity contribution in [2.45, 2.75) is 19.4 Å². The van der Waals surface area contributed by atoms with E-state index in [2.05, 4.69) is 11.6 Å². The minimum absolute atomic E-state index is 0.229. The van der Waals surface area contributed by atoms with Crippen LogP contribution in [0.15, 0.2) is 40.4 Å². The molecule has 0 fully saturated rings. The van der Waals surface area contributed by atoms with Gasteiger partial charge in [-0.1, -0.05) is 12.1 Å². The van der Waals surface area contributed by atoms with Gasteiger partial charge in [0, 0.05) is 21.1 Å². The number of benzene rings is 1. The summed E-state index contributed by atoms with van der Waals surface area (Å²) >= 11 is 0. The molecule has 2 heterocycles. The number of allylic oxidation sites excluding steroid dienone is 1. The summed E-state index contributed by atoms with van der Waals surface area (Å²) in [5.41, 5.74) is 0.771. The molecule has 0 bridgehead atoms. The molecular formula is C21H26N4O5. The zero-order valence-corrected chi connectivity index (χ0v) is 17.8. The van der Waals surface area contributed by atoms with Gasteiger partial charge in [0.05, 0.1) is 7.11 Å². The second-order valence-corrected chi connectivity index (χ2v) is 7.05. The number of methoxy groups -OCH3 is 1. The molecule has 30 heavy (non-hydrogen) atoms. The first-order chi connectivity index (χ1) is 14.3. The Labute approximate surface area is 173 Å². The molecule has 0 aliphatic heterocycles. The average molecular weight is 414 g/mol. The predicted molar refractivity (Wildman–Crippen MR) is 114 cm³/mol. The minimum Gasteiger partial charge on any atom is -0.493 e. The third kappa shape index (κ3) is 3.83. The molecule has 0 aliphatic carbocycles. The highest BCUT2D eigenvalue weighted by molar-refractivity contribution is 5.71. The normalized spacial score (nSPS) is 12.0. The molecule has 0 amide bonds. The first-order valence-electron chi connectivity index (χ1n) is 9.48. The highest BCUT2D eigenvalue weighted by atomic mass is 16.6. The van der Waals surface area contributed by atoms with E-state index in [1.165, 1.54) is 16.2 Å². The van der Waals surface area contributed by atoms with Crippen molar-refractivity contribution in [1.82, 2.24) is 18.7 Å². The second-order valence-electron chi connectivity index (χ2n) is 7.05. The van der Waals surface area contributed by atoms with E-state index in [9.17, 15) is 9.59 Å². The molecule has 3 rings (SSSR count). The Kier molecular flexibility index (Phi) is 6.00. The van der Waals surface area contributed by atoms with Crippen LogP contribution in [0.4, 0.5) is 0 Å². The van der Waals surface area contributed by atoms with Gasteiger partial charge in [-0.05, 0) is 31.0 Å². The average Bonchev–Trinajstić information content (AvgIpc) is 3.06. The van der Waals surface area contributed by atoms with E-state index in [1.54, 1.807) is 21.2 Å². The van der Waals surface area contributed by atoms with Crippen LogP contribution in [-0.2, 0) is 27.6 Å². The molecule has 0 spiro atoms. The van der Waals surface area contributed by atoms with Crippen LogP contribution in [0.3, 0.4) is 0 Å². The number of aromatic nitrogens is 4. The van der Waals surface area contributed by atoms with E-state index in [-0.39, 0.29) is 24.4 Å². The van der Waals surface area contributed by atoms with Gasteiger partial charge in [0.1, 0.15) is 12.7 Å². The van der Waals surface area contributed by atoms with Crippen LogP contribution in [0.2, 0.25) is 0 Å². The lowest BCUT2D eigenvalue weighted by molar-refractivity contribution is 0.128. The predicted octanol–water partition coefficient (Wildman–Crippen LogP) is 1.55. The van der Waals surface area contributed by atoms with Crippen LogP contribution in [0.1, 0.15) is 12.5 Å². The number of rotatable bonds is 8. The van der Waals surface area contributed by atoms with E-state index in [0.717, 1.165) is 16.6 Å². The number of imidazole rings is 1. The fraction of sp³-hybridized carbons (Fsp3) is 0.381. The summed E-state index contributed by atoms with van der Waals surface area (Å²) in [5, 5.41) is 0. The monoisotopic (exact) mass is 414 g/mol. The zero-order valence-electron chi connectivity index (χ0n) is 17.8. The Hall–Kier alpha value is -3.49. The molecule has 0 saturated carbocycles. The quantitative estimate of drug-likeness (QED) is 0.520. The molecule has 160 valence electrons. The third-order valence-electron chi connectivity index (χ3n) is 4.82. The molecule has 9 heteroatoms. The van der Waals surface area contributed by atoms with Crippen LogP contribution in [0.5, 0.6) is 17.5 Å². The highest BCUT2D eigenvalue weighted by Crippen LogP contribution is 2.28. The van der Waals surface area contributed by atoms with Gasteiger partial charge in [-0.3, -0.25) is 18.5 Å². The molecule has 0 radical (unpaired) electrons. The van der Waals surface area contributed by atoms with Crippen molar-refractivity contribution in [1.29, 1.82) is 0 Å². The third-order valence-corrected chi connectivity index (χ3v) is 4.82. The summed E-state index contributed by atoms with van der Waals surface area (Å²) in [6.07, 6.45) is 2.19. The molecular weight excluding hydrogens is 388 g/mol. The van der Waals surface area contributed by atoms with Crippen molar-refractivity contribution in [3.63, 3.8) is 0 Å². The van der Waals surface area contributed by atoms with E-state index in [4.69, 9.17) is 14.2 Å². The van der Waals surface area contributed by atoms with Crippen LogP contribution in [0, 0.1) is 0 Å². The van der Waals surface area contributed by atoms with Gasteiger partial charge in [0.15, 0.2) is 22.7 Å². The Balaban J connectivity index is 1.79. The maximum atomic E-state index is 12.5. The van der Waals surface area contributed by atoms with Gasteiger partial charge in [0.25, 0.3) is 11.6 Å². The fourth-order valence-corrected chi connectivity index (χ4v) is 3.15. The molecule has 1 aromatic carbocycles. The van der Waals surface area contributed by atoms with Crippen molar-refractivity contribution < 1.29 is 14.2 Å². The molecule has 9 nitrogen and oxygen atoms in total. The summed E-state index contributed by atoms with van der Waals surface area (Å²) in [6, 6.07) is 5.93. The standard InChI is InChI=1S/C21H26N4O5/c1-7-8-14-9-10-15(16(11-14)28-6)29-12-13(2)30-20-22-18-17(23(20)3)19(26)25(5)21(27)24(18)4/h7,9-11,13H,1,8,12H2,2-6H3. The number of aryl methyl sites for hydroxylation is 2. The summed E-state index contributed by atoms with van der Waals surface area (Å²) in [7, 11) is 6.26. The van der Waals surface area contributed by atoms with Crippen molar-refractivity contribution in [2.75, 3.05) is 13.7 Å². The Morgan fingerprint density at radius 2 is 1.87 bits per heavy atom. The van der Waals surface area contributed by atoms with E-state index in [0.29, 0.717) is 17.0 Å². The molecule has 0 N–H and O–H groups in total. The van der Waals surface area contributed by atoms with Crippen LogP contribution in [-0.4, -0.2) is 38.5 Å². The summed E-state index contributed by atoms with van der Waals surface area (Å²) in [4.78, 5) is 28.9. The summed E-state index contributed by atoms with van der Waals surface area (Å²) in [5.74, 6) is 1.23. The SMILES string of the molecule is C=CCc1ccc(OCC(C)Oc2nc3c(c(=O)n(C)c(=O)n3C)n2C)c(OC)c1. The first-order valence-corrected chi connectivity index (χ1v) is 9.48. The molecule has 0 aliphatic rings. The highest BCUT2D eigenvalue weighted by Gasteiger charge is 2.19. The Morgan fingerprint density at radius 3 is 2.53 bits per heavy atom. The Bertz CT molecular complexity index is 1200.